The van der Waals surface area contributed by atoms with Crippen LogP contribution in [0.15, 0.2) is 36.7 Å². The molecule has 3 rings (SSSR count). The molecule has 0 bridgehead atoms. The molecule has 0 fully saturated rings. The summed E-state index contributed by atoms with van der Waals surface area (Å²) < 4.78 is 19.7. The van der Waals surface area contributed by atoms with Crippen LogP contribution in [0.25, 0.3) is 5.78 Å². The summed E-state index contributed by atoms with van der Waals surface area (Å²) in [7, 11) is 0. The lowest BCUT2D eigenvalue weighted by molar-refractivity contribution is 0.444. The molecular formula is C11H6ClFN4O. The van der Waals surface area contributed by atoms with Crippen molar-refractivity contribution >= 4 is 17.4 Å². The Kier molecular flexibility index (Phi) is 2.56. The maximum absolute atomic E-state index is 12.8. The Bertz CT molecular complexity index is 698. The summed E-state index contributed by atoms with van der Waals surface area (Å²) in [4.78, 5) is 7.88. The minimum Gasteiger partial charge on any atom is -0.439 e. The van der Waals surface area contributed by atoms with E-state index in [1.807, 2.05) is 0 Å². The summed E-state index contributed by atoms with van der Waals surface area (Å²) in [5.41, 5.74) is 0. The summed E-state index contributed by atoms with van der Waals surface area (Å²) in [5.74, 6) is 0.824. The Morgan fingerprint density at radius 3 is 2.78 bits per heavy atom. The summed E-state index contributed by atoms with van der Waals surface area (Å²) >= 11 is 5.84. The van der Waals surface area contributed by atoms with Gasteiger partial charge in [-0.1, -0.05) is 11.6 Å². The summed E-state index contributed by atoms with van der Waals surface area (Å²) in [6.07, 6.45) is 1.34. The second kappa shape index (κ2) is 4.23. The number of hydrogen-bond acceptors (Lipinski definition) is 4. The SMILES string of the molecule is Fc1ccc(Oc2cc(Cl)nc3ncnn23)cc1. The molecular weight excluding hydrogens is 259 g/mol. The zero-order valence-corrected chi connectivity index (χ0v) is 9.67. The van der Waals surface area contributed by atoms with Crippen LogP contribution in [0.1, 0.15) is 0 Å². The number of aromatic nitrogens is 4. The molecule has 0 saturated carbocycles. The number of rotatable bonds is 2. The van der Waals surface area contributed by atoms with Crippen molar-refractivity contribution < 1.29 is 9.13 Å². The van der Waals surface area contributed by atoms with Crippen molar-refractivity contribution in [1.29, 1.82) is 0 Å². The van der Waals surface area contributed by atoms with Crippen molar-refractivity contribution in [2.75, 3.05) is 0 Å². The van der Waals surface area contributed by atoms with Crippen molar-refractivity contribution in [2.24, 2.45) is 0 Å². The molecule has 0 amide bonds. The van der Waals surface area contributed by atoms with Crippen LogP contribution in [0.5, 0.6) is 11.6 Å². The first-order chi connectivity index (χ1) is 8.72. The van der Waals surface area contributed by atoms with Gasteiger partial charge in [-0.3, -0.25) is 0 Å². The number of nitrogens with zero attached hydrogens (tertiary/aromatic N) is 4. The first-order valence-electron chi connectivity index (χ1n) is 5.02. The second-order valence-electron chi connectivity index (χ2n) is 3.44. The predicted octanol–water partition coefficient (Wildman–Crippen LogP) is 2.71. The molecule has 0 aliphatic heterocycles. The van der Waals surface area contributed by atoms with Gasteiger partial charge in [0.15, 0.2) is 0 Å². The van der Waals surface area contributed by atoms with Gasteiger partial charge >= 0.3 is 0 Å². The first-order valence-corrected chi connectivity index (χ1v) is 5.40. The molecule has 18 heavy (non-hydrogen) atoms. The number of halogens is 2. The van der Waals surface area contributed by atoms with E-state index in [1.54, 1.807) is 0 Å². The minimum absolute atomic E-state index is 0.243. The number of ether oxygens (including phenoxy) is 1. The van der Waals surface area contributed by atoms with Crippen LogP contribution in [-0.4, -0.2) is 19.6 Å². The predicted molar refractivity (Wildman–Crippen MR) is 62.3 cm³/mol. The maximum Gasteiger partial charge on any atom is 0.256 e. The normalized spacial score (nSPS) is 10.8. The van der Waals surface area contributed by atoms with Gasteiger partial charge in [-0.25, -0.2) is 4.39 Å². The third kappa shape index (κ3) is 1.98. The first kappa shape index (κ1) is 10.9. The Morgan fingerprint density at radius 2 is 2.00 bits per heavy atom. The highest BCUT2D eigenvalue weighted by Gasteiger charge is 2.08. The molecule has 0 saturated heterocycles. The fourth-order valence-corrected chi connectivity index (χ4v) is 1.62. The van der Waals surface area contributed by atoms with E-state index in [4.69, 9.17) is 16.3 Å². The smallest absolute Gasteiger partial charge is 0.256 e. The standard InChI is InChI=1S/C11H6ClFN4O/c12-9-5-10(17-11(16-9)14-6-15-17)18-8-3-1-7(13)2-4-8/h1-6H. The fraction of sp³-hybridized carbons (Fsp3) is 0. The van der Waals surface area contributed by atoms with E-state index in [9.17, 15) is 4.39 Å². The molecule has 2 aromatic heterocycles. The van der Waals surface area contributed by atoms with Gasteiger partial charge < -0.3 is 4.74 Å². The van der Waals surface area contributed by atoms with Gasteiger partial charge in [0.05, 0.1) is 0 Å². The Balaban J connectivity index is 2.03. The van der Waals surface area contributed by atoms with Crippen LogP contribution >= 0.6 is 11.6 Å². The second-order valence-corrected chi connectivity index (χ2v) is 3.83. The van der Waals surface area contributed by atoms with Crippen LogP contribution in [0.2, 0.25) is 5.15 Å². The fourth-order valence-electron chi connectivity index (χ4n) is 1.45. The van der Waals surface area contributed by atoms with E-state index >= 15 is 0 Å². The van der Waals surface area contributed by atoms with E-state index in [1.165, 1.54) is 41.2 Å². The average Bonchev–Trinajstić information content (AvgIpc) is 2.80. The van der Waals surface area contributed by atoms with Crippen LogP contribution in [0, 0.1) is 5.82 Å². The third-order valence-electron chi connectivity index (χ3n) is 2.22. The van der Waals surface area contributed by atoms with Gasteiger partial charge in [0.2, 0.25) is 5.88 Å². The largest absolute Gasteiger partial charge is 0.439 e. The van der Waals surface area contributed by atoms with Crippen molar-refractivity contribution in [3.05, 3.63) is 47.6 Å². The van der Waals surface area contributed by atoms with Gasteiger partial charge in [0, 0.05) is 6.07 Å². The van der Waals surface area contributed by atoms with Crippen molar-refractivity contribution in [3.8, 4) is 11.6 Å². The zero-order valence-electron chi connectivity index (χ0n) is 8.92. The van der Waals surface area contributed by atoms with E-state index in [-0.39, 0.29) is 11.0 Å². The van der Waals surface area contributed by atoms with Crippen molar-refractivity contribution in [3.63, 3.8) is 0 Å². The number of hydrogen-bond donors (Lipinski definition) is 0. The minimum atomic E-state index is -0.332. The van der Waals surface area contributed by atoms with Gasteiger partial charge in [0.25, 0.3) is 5.78 Å². The highest BCUT2D eigenvalue weighted by Crippen LogP contribution is 2.23. The average molecular weight is 265 g/mol. The summed E-state index contributed by atoms with van der Waals surface area (Å²) in [6, 6.07) is 7.12. The lowest BCUT2D eigenvalue weighted by Crippen LogP contribution is -1.97. The van der Waals surface area contributed by atoms with Crippen LogP contribution in [0.4, 0.5) is 4.39 Å². The lowest BCUT2D eigenvalue weighted by atomic mass is 10.3. The third-order valence-corrected chi connectivity index (χ3v) is 2.42. The number of fused-ring (bicyclic) bond motifs is 1. The molecule has 5 nitrogen and oxygen atoms in total. The summed E-state index contributed by atoms with van der Waals surface area (Å²) in [6.45, 7) is 0. The van der Waals surface area contributed by atoms with E-state index < -0.39 is 0 Å². The molecule has 0 spiro atoms. The lowest BCUT2D eigenvalue weighted by Gasteiger charge is -2.06. The maximum atomic E-state index is 12.8. The van der Waals surface area contributed by atoms with Crippen LogP contribution in [0.3, 0.4) is 0 Å². The van der Waals surface area contributed by atoms with Gasteiger partial charge in [-0.15, -0.1) is 0 Å². The Labute approximate surface area is 106 Å². The Hall–Kier alpha value is -2.21. The molecule has 0 atom stereocenters. The van der Waals surface area contributed by atoms with Gasteiger partial charge in [-0.2, -0.15) is 19.6 Å². The molecule has 90 valence electrons. The molecule has 0 radical (unpaired) electrons. The van der Waals surface area contributed by atoms with Gasteiger partial charge in [0.1, 0.15) is 23.0 Å². The highest BCUT2D eigenvalue weighted by molar-refractivity contribution is 6.29. The highest BCUT2D eigenvalue weighted by atomic mass is 35.5. The van der Waals surface area contributed by atoms with Crippen molar-refractivity contribution in [2.45, 2.75) is 0 Å². The molecule has 1 aromatic carbocycles. The van der Waals surface area contributed by atoms with E-state index in [0.717, 1.165) is 0 Å². The number of benzene rings is 1. The molecule has 7 heteroatoms. The molecule has 3 aromatic rings. The van der Waals surface area contributed by atoms with E-state index in [2.05, 4.69) is 15.1 Å². The van der Waals surface area contributed by atoms with E-state index in [0.29, 0.717) is 17.4 Å². The van der Waals surface area contributed by atoms with Crippen molar-refractivity contribution in [1.82, 2.24) is 19.6 Å². The zero-order chi connectivity index (χ0) is 12.5. The monoisotopic (exact) mass is 264 g/mol. The van der Waals surface area contributed by atoms with Crippen LogP contribution < -0.4 is 4.74 Å². The topological polar surface area (TPSA) is 52.3 Å². The quantitative estimate of drug-likeness (QED) is 0.668. The molecule has 2 heterocycles. The summed E-state index contributed by atoms with van der Waals surface area (Å²) in [5, 5.41) is 4.20. The Morgan fingerprint density at radius 1 is 1.22 bits per heavy atom. The molecule has 0 unspecified atom stereocenters. The molecule has 0 N–H and O–H groups in total. The molecule has 0 aliphatic carbocycles. The van der Waals surface area contributed by atoms with Gasteiger partial charge in [-0.05, 0) is 24.3 Å². The van der Waals surface area contributed by atoms with Crippen LogP contribution in [-0.2, 0) is 0 Å². The molecule has 0 aliphatic rings.